The molecule has 0 aliphatic heterocycles. The number of carbonyl (C=O) groups excluding carboxylic acids is 2. The van der Waals surface area contributed by atoms with E-state index in [-0.39, 0.29) is 10.9 Å². The van der Waals surface area contributed by atoms with Gasteiger partial charge in [-0.3, -0.25) is 14.9 Å². The predicted octanol–water partition coefficient (Wildman–Crippen LogP) is -0.135. The number of nitrogens with two attached hydrogens (primary N) is 2. The van der Waals surface area contributed by atoms with E-state index in [1.54, 1.807) is 30.3 Å². The van der Waals surface area contributed by atoms with E-state index in [9.17, 15) is 9.59 Å². The van der Waals surface area contributed by atoms with Crippen molar-refractivity contribution in [3.63, 3.8) is 0 Å². The molecule has 90 valence electrons. The highest BCUT2D eigenvalue weighted by Gasteiger charge is 2.10. The summed E-state index contributed by atoms with van der Waals surface area (Å²) in [7, 11) is 0. The molecule has 6 nitrogen and oxygen atoms in total. The monoisotopic (exact) mass is 252 g/mol. The molecule has 0 fully saturated rings. The number of hydrogen-bond acceptors (Lipinski definition) is 5. The summed E-state index contributed by atoms with van der Waals surface area (Å²) in [4.78, 5) is 22.9. The zero-order valence-corrected chi connectivity index (χ0v) is 9.74. The second-order valence-electron chi connectivity index (χ2n) is 3.00. The zero-order valence-electron chi connectivity index (χ0n) is 8.92. The molecule has 2 amide bonds. The molecule has 0 saturated carbocycles. The Labute approximate surface area is 102 Å². The fraction of sp³-hybridized carbons (Fsp3) is 0.100. The third kappa shape index (κ3) is 4.56. The molecular formula is C10H12N4O2S. The first-order valence-corrected chi connectivity index (χ1v) is 5.67. The molecule has 0 spiro atoms. The molecule has 0 saturated heterocycles. The molecular weight excluding hydrogens is 240 g/mol. The van der Waals surface area contributed by atoms with Gasteiger partial charge in [-0.05, 0) is 12.1 Å². The van der Waals surface area contributed by atoms with Crippen molar-refractivity contribution in [2.75, 3.05) is 5.75 Å². The zero-order chi connectivity index (χ0) is 12.7. The van der Waals surface area contributed by atoms with Crippen molar-refractivity contribution in [1.29, 1.82) is 0 Å². The number of amides is 2. The highest BCUT2D eigenvalue weighted by atomic mass is 32.2. The molecule has 5 N–H and O–H groups in total. The van der Waals surface area contributed by atoms with Crippen LogP contribution in [-0.4, -0.2) is 22.7 Å². The van der Waals surface area contributed by atoms with Crippen LogP contribution in [0.25, 0.3) is 0 Å². The molecule has 1 aromatic rings. The lowest BCUT2D eigenvalue weighted by Gasteiger charge is -2.03. The number of amidine groups is 1. The first-order valence-electron chi connectivity index (χ1n) is 4.69. The van der Waals surface area contributed by atoms with Crippen LogP contribution in [0.5, 0.6) is 0 Å². The van der Waals surface area contributed by atoms with Gasteiger partial charge >= 0.3 is 0 Å². The molecule has 7 heteroatoms. The molecule has 0 radical (unpaired) electrons. The molecule has 0 aliphatic rings. The fourth-order valence-electron chi connectivity index (χ4n) is 1.00. The van der Waals surface area contributed by atoms with E-state index >= 15 is 0 Å². The quantitative estimate of drug-likeness (QED) is 0.300. The second-order valence-corrected chi connectivity index (χ2v) is 3.99. The number of imide groups is 1. The summed E-state index contributed by atoms with van der Waals surface area (Å²) in [6, 6.07) is 8.45. The van der Waals surface area contributed by atoms with E-state index in [0.717, 1.165) is 11.8 Å². The third-order valence-electron chi connectivity index (χ3n) is 1.77. The molecule has 0 aromatic heterocycles. The Morgan fingerprint density at radius 1 is 1.29 bits per heavy atom. The smallest absolute Gasteiger partial charge is 0.257 e. The van der Waals surface area contributed by atoms with Crippen molar-refractivity contribution >= 4 is 28.7 Å². The number of rotatable bonds is 3. The Kier molecular flexibility index (Phi) is 5.02. The fourth-order valence-corrected chi connectivity index (χ4v) is 1.43. The molecule has 0 heterocycles. The summed E-state index contributed by atoms with van der Waals surface area (Å²) >= 11 is 0.960. The van der Waals surface area contributed by atoms with Gasteiger partial charge in [0.25, 0.3) is 5.91 Å². The topological polar surface area (TPSA) is 111 Å². The van der Waals surface area contributed by atoms with Crippen LogP contribution in [0.2, 0.25) is 0 Å². The van der Waals surface area contributed by atoms with E-state index in [2.05, 4.69) is 10.4 Å². The number of nitrogens with one attached hydrogen (secondary N) is 1. The van der Waals surface area contributed by atoms with E-state index in [0.29, 0.717) is 5.56 Å². The average molecular weight is 252 g/mol. The molecule has 0 bridgehead atoms. The molecule has 0 unspecified atom stereocenters. The minimum absolute atomic E-state index is 0.00882. The molecule has 17 heavy (non-hydrogen) atoms. The number of benzene rings is 1. The summed E-state index contributed by atoms with van der Waals surface area (Å²) in [5, 5.41) is 5.51. The van der Waals surface area contributed by atoms with Crippen LogP contribution in [0.4, 0.5) is 0 Å². The van der Waals surface area contributed by atoms with E-state index in [4.69, 9.17) is 11.6 Å². The van der Waals surface area contributed by atoms with Gasteiger partial charge < -0.3 is 11.6 Å². The van der Waals surface area contributed by atoms with Crippen LogP contribution in [0.15, 0.2) is 35.4 Å². The molecule has 0 atom stereocenters. The van der Waals surface area contributed by atoms with Gasteiger partial charge in [0.1, 0.15) is 0 Å². The van der Waals surface area contributed by atoms with Gasteiger partial charge in [0, 0.05) is 5.56 Å². The highest BCUT2D eigenvalue weighted by molar-refractivity contribution is 8.14. The van der Waals surface area contributed by atoms with Gasteiger partial charge in [0.15, 0.2) is 5.17 Å². The van der Waals surface area contributed by atoms with E-state index in [1.165, 1.54) is 0 Å². The maximum absolute atomic E-state index is 11.5. The standard InChI is InChI=1S/C10H12N4O2S/c11-10(14-12)17-6-8(15)13-9(16)7-4-2-1-3-5-7/h1-5H,6,12H2,(H2,11,14)(H,13,15,16). The summed E-state index contributed by atoms with van der Waals surface area (Å²) in [5.74, 6) is 3.99. The number of nitrogens with zero attached hydrogens (tertiary/aromatic N) is 1. The van der Waals surface area contributed by atoms with Gasteiger partial charge in [-0.25, -0.2) is 0 Å². The van der Waals surface area contributed by atoms with Crippen molar-refractivity contribution < 1.29 is 9.59 Å². The SMILES string of the molecule is NN=C(N)SCC(=O)NC(=O)c1ccccc1. The molecule has 0 aliphatic carbocycles. The van der Waals surface area contributed by atoms with Crippen LogP contribution in [0.3, 0.4) is 0 Å². The second kappa shape index (κ2) is 6.54. The average Bonchev–Trinajstić information content (AvgIpc) is 2.36. The Hall–Kier alpha value is -2.02. The van der Waals surface area contributed by atoms with Crippen LogP contribution >= 0.6 is 11.8 Å². The Bertz CT molecular complexity index is 433. The van der Waals surface area contributed by atoms with Gasteiger partial charge in [-0.1, -0.05) is 30.0 Å². The van der Waals surface area contributed by atoms with E-state index in [1.807, 2.05) is 0 Å². The van der Waals surface area contributed by atoms with Crippen molar-refractivity contribution in [2.24, 2.45) is 16.7 Å². The first-order chi connectivity index (χ1) is 8.13. The first kappa shape index (κ1) is 13.0. The largest absolute Gasteiger partial charge is 0.377 e. The van der Waals surface area contributed by atoms with Gasteiger partial charge in [0.05, 0.1) is 5.75 Å². The van der Waals surface area contributed by atoms with Crippen LogP contribution in [0, 0.1) is 0 Å². The summed E-state index contributed by atoms with van der Waals surface area (Å²) < 4.78 is 0. The van der Waals surface area contributed by atoms with E-state index < -0.39 is 11.8 Å². The predicted molar refractivity (Wildman–Crippen MR) is 67.2 cm³/mol. The van der Waals surface area contributed by atoms with Gasteiger partial charge in [-0.2, -0.15) is 5.10 Å². The van der Waals surface area contributed by atoms with Crippen LogP contribution in [0.1, 0.15) is 10.4 Å². The number of thioether (sulfide) groups is 1. The van der Waals surface area contributed by atoms with Crippen LogP contribution < -0.4 is 16.9 Å². The van der Waals surface area contributed by atoms with Crippen LogP contribution in [-0.2, 0) is 4.79 Å². The maximum atomic E-state index is 11.5. The van der Waals surface area contributed by atoms with Crippen molar-refractivity contribution in [1.82, 2.24) is 5.32 Å². The lowest BCUT2D eigenvalue weighted by Crippen LogP contribution is -2.32. The number of hydrogen-bond donors (Lipinski definition) is 3. The molecule has 1 rings (SSSR count). The summed E-state index contributed by atoms with van der Waals surface area (Å²) in [6.07, 6.45) is 0. The normalized spacial score (nSPS) is 10.9. The highest BCUT2D eigenvalue weighted by Crippen LogP contribution is 2.00. The Morgan fingerprint density at radius 2 is 1.94 bits per heavy atom. The van der Waals surface area contributed by atoms with Gasteiger partial charge in [0.2, 0.25) is 5.91 Å². The lowest BCUT2D eigenvalue weighted by molar-refractivity contribution is -0.117. The minimum Gasteiger partial charge on any atom is -0.377 e. The Balaban J connectivity index is 2.44. The van der Waals surface area contributed by atoms with Crippen molar-refractivity contribution in [2.45, 2.75) is 0 Å². The maximum Gasteiger partial charge on any atom is 0.257 e. The summed E-state index contributed by atoms with van der Waals surface area (Å²) in [5.41, 5.74) is 5.71. The third-order valence-corrected chi connectivity index (χ3v) is 2.58. The number of hydrazone groups is 1. The summed E-state index contributed by atoms with van der Waals surface area (Å²) in [6.45, 7) is 0. The van der Waals surface area contributed by atoms with Gasteiger partial charge in [-0.15, -0.1) is 0 Å². The molecule has 1 aromatic carbocycles. The van der Waals surface area contributed by atoms with Crippen molar-refractivity contribution in [3.8, 4) is 0 Å². The lowest BCUT2D eigenvalue weighted by atomic mass is 10.2. The number of carbonyl (C=O) groups is 2. The minimum atomic E-state index is -0.449. The van der Waals surface area contributed by atoms with Crippen molar-refractivity contribution in [3.05, 3.63) is 35.9 Å². The Morgan fingerprint density at radius 3 is 2.53 bits per heavy atom.